The van der Waals surface area contributed by atoms with Crippen LogP contribution in [-0.4, -0.2) is 4.98 Å². The van der Waals surface area contributed by atoms with E-state index < -0.39 is 6.43 Å². The van der Waals surface area contributed by atoms with Crippen LogP contribution >= 0.6 is 22.6 Å². The summed E-state index contributed by atoms with van der Waals surface area (Å²) in [6.45, 7) is 2.10. The lowest BCUT2D eigenvalue weighted by Gasteiger charge is -2.07. The molecular weight excluding hydrogens is 289 g/mol. The van der Waals surface area contributed by atoms with E-state index in [2.05, 4.69) is 4.98 Å². The SMILES string of the molecule is Cc1cc(C(F)F)nc(I)c1CN. The lowest BCUT2D eigenvalue weighted by molar-refractivity contribution is 0.145. The molecule has 0 bridgehead atoms. The maximum atomic E-state index is 12.3. The average molecular weight is 298 g/mol. The second kappa shape index (κ2) is 4.28. The monoisotopic (exact) mass is 298 g/mol. The molecule has 0 aliphatic carbocycles. The summed E-state index contributed by atoms with van der Waals surface area (Å²) in [5.41, 5.74) is 6.88. The average Bonchev–Trinajstić information content (AvgIpc) is 2.03. The summed E-state index contributed by atoms with van der Waals surface area (Å²) in [5.74, 6) is 0. The van der Waals surface area contributed by atoms with Gasteiger partial charge in [-0.15, -0.1) is 0 Å². The van der Waals surface area contributed by atoms with Gasteiger partial charge in [-0.25, -0.2) is 13.8 Å². The highest BCUT2D eigenvalue weighted by Gasteiger charge is 2.13. The second-order valence-electron chi connectivity index (χ2n) is 2.64. The van der Waals surface area contributed by atoms with E-state index in [4.69, 9.17) is 5.73 Å². The van der Waals surface area contributed by atoms with Gasteiger partial charge in [0.2, 0.25) is 0 Å². The molecule has 0 amide bonds. The Morgan fingerprint density at radius 1 is 1.62 bits per heavy atom. The normalized spacial score (nSPS) is 10.9. The van der Waals surface area contributed by atoms with Gasteiger partial charge in [-0.1, -0.05) is 0 Å². The number of nitrogens with two attached hydrogens (primary N) is 1. The number of halogens is 3. The molecule has 1 aromatic heterocycles. The van der Waals surface area contributed by atoms with Gasteiger partial charge in [-0.05, 0) is 41.1 Å². The van der Waals surface area contributed by atoms with E-state index in [0.29, 0.717) is 10.2 Å². The Hall–Kier alpha value is -0.300. The van der Waals surface area contributed by atoms with E-state index in [-0.39, 0.29) is 5.69 Å². The Balaban J connectivity index is 3.20. The van der Waals surface area contributed by atoms with Crippen LogP contribution in [-0.2, 0) is 6.54 Å². The largest absolute Gasteiger partial charge is 0.326 e. The van der Waals surface area contributed by atoms with Gasteiger partial charge in [0, 0.05) is 12.1 Å². The van der Waals surface area contributed by atoms with Gasteiger partial charge < -0.3 is 5.73 Å². The Labute approximate surface area is 88.7 Å². The van der Waals surface area contributed by atoms with Gasteiger partial charge >= 0.3 is 0 Å². The summed E-state index contributed by atoms with van der Waals surface area (Å²) < 4.78 is 25.1. The minimum atomic E-state index is -2.51. The molecule has 0 atom stereocenters. The van der Waals surface area contributed by atoms with Gasteiger partial charge in [0.1, 0.15) is 9.39 Å². The predicted octanol–water partition coefficient (Wildman–Crippen LogP) is 2.39. The summed E-state index contributed by atoms with van der Waals surface area (Å²) in [7, 11) is 0. The van der Waals surface area contributed by atoms with E-state index in [1.165, 1.54) is 6.07 Å². The maximum absolute atomic E-state index is 12.3. The zero-order chi connectivity index (χ0) is 10.0. The molecule has 0 saturated carbocycles. The first-order valence-electron chi connectivity index (χ1n) is 3.70. The Morgan fingerprint density at radius 3 is 2.62 bits per heavy atom. The highest BCUT2D eigenvalue weighted by atomic mass is 127. The fraction of sp³-hybridized carbons (Fsp3) is 0.375. The van der Waals surface area contributed by atoms with Crippen molar-refractivity contribution in [3.05, 3.63) is 26.6 Å². The third kappa shape index (κ3) is 2.34. The number of hydrogen-bond donors (Lipinski definition) is 1. The Morgan fingerprint density at radius 2 is 2.23 bits per heavy atom. The van der Waals surface area contributed by atoms with Crippen LogP contribution in [0.1, 0.15) is 23.2 Å². The van der Waals surface area contributed by atoms with E-state index >= 15 is 0 Å². The van der Waals surface area contributed by atoms with Crippen molar-refractivity contribution < 1.29 is 8.78 Å². The molecule has 1 rings (SSSR count). The van der Waals surface area contributed by atoms with Crippen molar-refractivity contribution in [3.63, 3.8) is 0 Å². The molecule has 1 aromatic rings. The summed E-state index contributed by atoms with van der Waals surface area (Å²) >= 11 is 1.92. The fourth-order valence-electron chi connectivity index (χ4n) is 1.04. The summed E-state index contributed by atoms with van der Waals surface area (Å²) in [6.07, 6.45) is -2.51. The molecule has 0 spiro atoms. The molecule has 13 heavy (non-hydrogen) atoms. The quantitative estimate of drug-likeness (QED) is 0.672. The zero-order valence-corrected chi connectivity index (χ0v) is 9.18. The van der Waals surface area contributed by atoms with Crippen molar-refractivity contribution in [1.82, 2.24) is 4.98 Å². The standard InChI is InChI=1S/C8H9F2IN2/c1-4-2-6(7(9)10)13-8(11)5(4)3-12/h2,7H,3,12H2,1H3. The molecule has 0 radical (unpaired) electrons. The van der Waals surface area contributed by atoms with Crippen molar-refractivity contribution in [2.45, 2.75) is 19.9 Å². The van der Waals surface area contributed by atoms with Gasteiger partial charge in [0.05, 0.1) is 0 Å². The molecule has 5 heteroatoms. The molecule has 0 aliphatic heterocycles. The number of alkyl halides is 2. The number of aromatic nitrogens is 1. The van der Waals surface area contributed by atoms with Crippen molar-refractivity contribution in [2.24, 2.45) is 5.73 Å². The van der Waals surface area contributed by atoms with Crippen LogP contribution in [0.15, 0.2) is 6.07 Å². The van der Waals surface area contributed by atoms with Crippen LogP contribution in [0.2, 0.25) is 0 Å². The molecular formula is C8H9F2IN2. The fourth-order valence-corrected chi connectivity index (χ4v) is 1.97. The first kappa shape index (κ1) is 10.8. The van der Waals surface area contributed by atoms with Gasteiger partial charge in [0.15, 0.2) is 0 Å². The first-order valence-corrected chi connectivity index (χ1v) is 4.78. The van der Waals surface area contributed by atoms with Crippen LogP contribution in [0.4, 0.5) is 8.78 Å². The highest BCUT2D eigenvalue weighted by Crippen LogP contribution is 2.22. The second-order valence-corrected chi connectivity index (χ2v) is 3.66. The minimum Gasteiger partial charge on any atom is -0.326 e. The van der Waals surface area contributed by atoms with Crippen LogP contribution in [0.25, 0.3) is 0 Å². The topological polar surface area (TPSA) is 38.9 Å². The Kier molecular flexibility index (Phi) is 3.55. The van der Waals surface area contributed by atoms with Gasteiger partial charge in [-0.2, -0.15) is 0 Å². The zero-order valence-electron chi connectivity index (χ0n) is 7.02. The number of nitrogens with zero attached hydrogens (tertiary/aromatic N) is 1. The molecule has 72 valence electrons. The maximum Gasteiger partial charge on any atom is 0.280 e. The highest BCUT2D eigenvalue weighted by molar-refractivity contribution is 14.1. The molecule has 1 heterocycles. The number of rotatable bonds is 2. The molecule has 0 aromatic carbocycles. The Bertz CT molecular complexity index is 292. The van der Waals surface area contributed by atoms with Crippen LogP contribution in [0.3, 0.4) is 0 Å². The smallest absolute Gasteiger partial charge is 0.280 e. The summed E-state index contributed by atoms with van der Waals surface area (Å²) in [4.78, 5) is 3.76. The van der Waals surface area contributed by atoms with Crippen LogP contribution in [0, 0.1) is 10.6 Å². The lowest BCUT2D eigenvalue weighted by atomic mass is 10.1. The van der Waals surface area contributed by atoms with Crippen molar-refractivity contribution in [1.29, 1.82) is 0 Å². The van der Waals surface area contributed by atoms with Gasteiger partial charge in [-0.3, -0.25) is 0 Å². The van der Waals surface area contributed by atoms with Crippen molar-refractivity contribution in [3.8, 4) is 0 Å². The number of hydrogen-bond acceptors (Lipinski definition) is 2. The minimum absolute atomic E-state index is 0.181. The summed E-state index contributed by atoms with van der Waals surface area (Å²) in [6, 6.07) is 1.38. The van der Waals surface area contributed by atoms with Crippen LogP contribution in [0.5, 0.6) is 0 Å². The number of pyridine rings is 1. The molecule has 2 nitrogen and oxygen atoms in total. The van der Waals surface area contributed by atoms with Crippen molar-refractivity contribution >= 4 is 22.6 Å². The molecule has 2 N–H and O–H groups in total. The van der Waals surface area contributed by atoms with E-state index in [0.717, 1.165) is 11.1 Å². The van der Waals surface area contributed by atoms with E-state index in [1.54, 1.807) is 6.92 Å². The van der Waals surface area contributed by atoms with Crippen molar-refractivity contribution in [2.75, 3.05) is 0 Å². The molecule has 0 fully saturated rings. The van der Waals surface area contributed by atoms with E-state index in [1.807, 2.05) is 22.6 Å². The van der Waals surface area contributed by atoms with Gasteiger partial charge in [0.25, 0.3) is 6.43 Å². The number of aryl methyl sites for hydroxylation is 1. The molecule has 0 saturated heterocycles. The third-order valence-corrected chi connectivity index (χ3v) is 2.64. The predicted molar refractivity (Wildman–Crippen MR) is 54.5 cm³/mol. The molecule has 0 aliphatic rings. The molecule has 0 unspecified atom stereocenters. The van der Waals surface area contributed by atoms with E-state index in [9.17, 15) is 8.78 Å². The first-order chi connectivity index (χ1) is 6.06. The third-order valence-electron chi connectivity index (χ3n) is 1.74. The lowest BCUT2D eigenvalue weighted by Crippen LogP contribution is -2.06. The van der Waals surface area contributed by atoms with Crippen LogP contribution < -0.4 is 5.73 Å². The summed E-state index contributed by atoms with van der Waals surface area (Å²) in [5, 5.41) is 0.